The topological polar surface area (TPSA) is 37.3 Å². The predicted molar refractivity (Wildman–Crippen MR) is 103 cm³/mol. The van der Waals surface area contributed by atoms with Gasteiger partial charge in [0.25, 0.3) is 0 Å². The van der Waals surface area contributed by atoms with Crippen LogP contribution in [0, 0.1) is 0 Å². The summed E-state index contributed by atoms with van der Waals surface area (Å²) in [5.41, 5.74) is -2.88. The molecule has 0 aliphatic carbocycles. The van der Waals surface area contributed by atoms with Gasteiger partial charge in [-0.15, -0.1) is 0 Å². The number of halogens is 9. The molecule has 0 aromatic heterocycles. The number of alkyl halides is 6. The fourth-order valence-electron chi connectivity index (χ4n) is 2.46. The summed E-state index contributed by atoms with van der Waals surface area (Å²) in [4.78, 5) is 11.0. The lowest BCUT2D eigenvalue weighted by Crippen LogP contribution is -2.19. The minimum absolute atomic E-state index is 0.165. The summed E-state index contributed by atoms with van der Waals surface area (Å²) in [5.74, 6) is -3.93. The van der Waals surface area contributed by atoms with Crippen molar-refractivity contribution in [3.05, 3.63) is 72.6 Å². The molecule has 1 N–H and O–H groups in total. The van der Waals surface area contributed by atoms with Crippen LogP contribution in [-0.2, 0) is 6.18 Å². The van der Waals surface area contributed by atoms with Gasteiger partial charge in [0.15, 0.2) is 0 Å². The molecule has 0 bridgehead atoms. The third-order valence-electron chi connectivity index (χ3n) is 3.78. The first-order valence-electron chi connectivity index (χ1n) is 7.55. The lowest BCUT2D eigenvalue weighted by atomic mass is 9.96. The van der Waals surface area contributed by atoms with E-state index in [1.54, 1.807) is 0 Å². The van der Waals surface area contributed by atoms with E-state index < -0.39 is 35.4 Å². The quantitative estimate of drug-likeness (QED) is 0.301. The molecule has 0 spiro atoms. The van der Waals surface area contributed by atoms with E-state index in [2.05, 4.69) is 31.9 Å². The lowest BCUT2D eigenvalue weighted by Gasteiger charge is -2.19. The van der Waals surface area contributed by atoms with Gasteiger partial charge in [-0.3, -0.25) is 0 Å². The Morgan fingerprint density at radius 1 is 1.03 bits per heavy atom. The molecule has 2 aromatic rings. The predicted octanol–water partition coefficient (Wildman–Crippen LogP) is 7.94. The molecule has 0 aliphatic heterocycles. The number of carbonyl (C=O) groups is 1. The van der Waals surface area contributed by atoms with Gasteiger partial charge in [-0.2, -0.15) is 26.3 Å². The standard InChI is InChI=1S/C18H9Br2ClF6O2/c19-13-6-9(7-14(20)15(13)21)11(17(22,23)24)4-2-8-1-3-10(16(28)29)12(5-8)18(25,26)27/h1-7,11H,(H,28,29). The summed E-state index contributed by atoms with van der Waals surface area (Å²) < 4.78 is 80.3. The number of aromatic carboxylic acids is 1. The van der Waals surface area contributed by atoms with Crippen LogP contribution in [0.3, 0.4) is 0 Å². The molecule has 11 heteroatoms. The first-order valence-corrected chi connectivity index (χ1v) is 9.52. The summed E-state index contributed by atoms with van der Waals surface area (Å²) in [5, 5.41) is 9.05. The Morgan fingerprint density at radius 3 is 2.03 bits per heavy atom. The molecule has 0 heterocycles. The summed E-state index contributed by atoms with van der Waals surface area (Å²) in [6.07, 6.45) is -8.17. The van der Waals surface area contributed by atoms with Crippen LogP contribution in [0.15, 0.2) is 45.4 Å². The number of hydrogen-bond acceptors (Lipinski definition) is 1. The second-order valence-corrected chi connectivity index (χ2v) is 7.87. The summed E-state index contributed by atoms with van der Waals surface area (Å²) in [7, 11) is 0. The number of hydrogen-bond donors (Lipinski definition) is 1. The van der Waals surface area contributed by atoms with Crippen LogP contribution < -0.4 is 0 Å². The van der Waals surface area contributed by atoms with Crippen LogP contribution in [0.25, 0.3) is 6.08 Å². The van der Waals surface area contributed by atoms with E-state index >= 15 is 0 Å². The Hall–Kier alpha value is -1.52. The molecule has 0 radical (unpaired) electrons. The Balaban J connectivity index is 2.52. The van der Waals surface area contributed by atoms with Crippen LogP contribution in [0.4, 0.5) is 26.3 Å². The molecular formula is C18H9Br2ClF6O2. The fourth-order valence-corrected chi connectivity index (χ4v) is 3.79. The zero-order chi connectivity index (χ0) is 22.1. The van der Waals surface area contributed by atoms with Crippen LogP contribution in [0.1, 0.15) is 33.0 Å². The molecule has 2 aromatic carbocycles. The van der Waals surface area contributed by atoms with Gasteiger partial charge >= 0.3 is 18.3 Å². The Labute approximate surface area is 182 Å². The number of benzene rings is 2. The molecule has 0 fully saturated rings. The van der Waals surface area contributed by atoms with Crippen LogP contribution >= 0.6 is 43.5 Å². The minimum Gasteiger partial charge on any atom is -0.478 e. The van der Waals surface area contributed by atoms with Crippen molar-refractivity contribution in [2.75, 3.05) is 0 Å². The maximum atomic E-state index is 13.5. The molecule has 0 aliphatic rings. The molecule has 0 saturated heterocycles. The summed E-state index contributed by atoms with van der Waals surface area (Å²) in [6, 6.07) is 4.49. The van der Waals surface area contributed by atoms with Crippen molar-refractivity contribution in [1.29, 1.82) is 0 Å². The smallest absolute Gasteiger partial charge is 0.417 e. The van der Waals surface area contributed by atoms with Crippen molar-refractivity contribution in [1.82, 2.24) is 0 Å². The molecule has 1 atom stereocenters. The van der Waals surface area contributed by atoms with Crippen molar-refractivity contribution in [3.8, 4) is 0 Å². The minimum atomic E-state index is -4.98. The Bertz CT molecular complexity index is 947. The highest BCUT2D eigenvalue weighted by Gasteiger charge is 2.39. The van der Waals surface area contributed by atoms with E-state index in [9.17, 15) is 31.1 Å². The van der Waals surface area contributed by atoms with Crippen LogP contribution in [-0.4, -0.2) is 17.3 Å². The normalized spacial score (nSPS) is 13.7. The lowest BCUT2D eigenvalue weighted by molar-refractivity contribution is -0.139. The van der Waals surface area contributed by atoms with Gasteiger partial charge in [-0.25, -0.2) is 4.79 Å². The van der Waals surface area contributed by atoms with Gasteiger partial charge in [0.1, 0.15) is 0 Å². The SMILES string of the molecule is O=C(O)c1ccc(C=CC(c2cc(Br)c(Cl)c(Br)c2)C(F)(F)F)cc1C(F)(F)F. The molecule has 0 amide bonds. The zero-order valence-electron chi connectivity index (χ0n) is 13.9. The highest BCUT2D eigenvalue weighted by molar-refractivity contribution is 9.11. The van der Waals surface area contributed by atoms with Gasteiger partial charge in [0.05, 0.1) is 22.1 Å². The Kier molecular flexibility index (Phi) is 7.12. The van der Waals surface area contributed by atoms with E-state index in [4.69, 9.17) is 16.7 Å². The average molecular weight is 567 g/mol. The number of allylic oxidation sites excluding steroid dienone is 1. The van der Waals surface area contributed by atoms with Crippen LogP contribution in [0.2, 0.25) is 5.02 Å². The van der Waals surface area contributed by atoms with E-state index in [-0.39, 0.29) is 25.1 Å². The van der Waals surface area contributed by atoms with E-state index in [0.717, 1.165) is 24.3 Å². The van der Waals surface area contributed by atoms with Gasteiger partial charge in [0, 0.05) is 8.95 Å². The fraction of sp³-hybridized carbons (Fsp3) is 0.167. The van der Waals surface area contributed by atoms with Gasteiger partial charge in [-0.1, -0.05) is 29.8 Å². The van der Waals surface area contributed by atoms with Crippen LogP contribution in [0.5, 0.6) is 0 Å². The number of carboxylic acids is 1. The second kappa shape index (κ2) is 8.69. The summed E-state index contributed by atoms with van der Waals surface area (Å²) in [6.45, 7) is 0. The number of rotatable bonds is 4. The third-order valence-corrected chi connectivity index (χ3v) is 5.89. The molecule has 2 rings (SSSR count). The first kappa shape index (κ1) is 23.8. The average Bonchev–Trinajstić information content (AvgIpc) is 2.57. The largest absolute Gasteiger partial charge is 0.478 e. The second-order valence-electron chi connectivity index (χ2n) is 5.78. The van der Waals surface area contributed by atoms with Crippen molar-refractivity contribution >= 4 is 55.5 Å². The molecule has 156 valence electrons. The highest BCUT2D eigenvalue weighted by Crippen LogP contribution is 2.41. The summed E-state index contributed by atoms with van der Waals surface area (Å²) >= 11 is 12.0. The molecule has 29 heavy (non-hydrogen) atoms. The highest BCUT2D eigenvalue weighted by atomic mass is 79.9. The van der Waals surface area contributed by atoms with Crippen molar-refractivity contribution < 1.29 is 36.2 Å². The third kappa shape index (κ3) is 5.76. The maximum absolute atomic E-state index is 13.5. The van der Waals surface area contributed by atoms with Gasteiger partial charge in [0.2, 0.25) is 0 Å². The molecule has 1 unspecified atom stereocenters. The zero-order valence-corrected chi connectivity index (χ0v) is 17.8. The van der Waals surface area contributed by atoms with Crippen molar-refractivity contribution in [3.63, 3.8) is 0 Å². The molecule has 0 saturated carbocycles. The maximum Gasteiger partial charge on any atom is 0.417 e. The molecule has 2 nitrogen and oxygen atoms in total. The van der Waals surface area contributed by atoms with E-state index in [1.165, 1.54) is 0 Å². The first-order chi connectivity index (χ1) is 13.2. The van der Waals surface area contributed by atoms with E-state index in [0.29, 0.717) is 18.2 Å². The monoisotopic (exact) mass is 564 g/mol. The Morgan fingerprint density at radius 2 is 1.59 bits per heavy atom. The van der Waals surface area contributed by atoms with Gasteiger partial charge in [-0.05, 0) is 67.3 Å². The van der Waals surface area contributed by atoms with Crippen molar-refractivity contribution in [2.45, 2.75) is 18.3 Å². The van der Waals surface area contributed by atoms with Gasteiger partial charge < -0.3 is 5.11 Å². The van der Waals surface area contributed by atoms with Crippen molar-refractivity contribution in [2.24, 2.45) is 0 Å². The number of carboxylic acid groups (broad SMARTS) is 1. The van der Waals surface area contributed by atoms with E-state index in [1.807, 2.05) is 0 Å². The molecular weight excluding hydrogens is 557 g/mol.